The van der Waals surface area contributed by atoms with Crippen LogP contribution in [0.25, 0.3) is 0 Å². The van der Waals surface area contributed by atoms with Gasteiger partial charge in [-0.05, 0) is 49.6 Å². The molecule has 0 amide bonds. The number of esters is 1. The molecule has 38 heavy (non-hydrogen) atoms. The zero-order valence-corrected chi connectivity index (χ0v) is 21.7. The number of hydrogen-bond acceptors (Lipinski definition) is 7. The van der Waals surface area contributed by atoms with Crippen LogP contribution in [0.5, 0.6) is 5.75 Å². The van der Waals surface area contributed by atoms with Gasteiger partial charge in [-0.3, -0.25) is 14.6 Å². The van der Waals surface area contributed by atoms with Crippen molar-refractivity contribution in [2.75, 3.05) is 7.11 Å². The van der Waals surface area contributed by atoms with Gasteiger partial charge in [0.05, 0.1) is 19.4 Å². The zero-order valence-electron chi connectivity index (χ0n) is 21.7. The molecule has 0 bridgehead atoms. The summed E-state index contributed by atoms with van der Waals surface area (Å²) < 4.78 is 11.3. The van der Waals surface area contributed by atoms with E-state index in [1.54, 1.807) is 75.5 Å². The molecule has 0 saturated carbocycles. The molecule has 0 radical (unpaired) electrons. The molecule has 1 saturated heterocycles. The molecule has 3 atom stereocenters. The van der Waals surface area contributed by atoms with E-state index in [4.69, 9.17) is 14.6 Å². The van der Waals surface area contributed by atoms with Crippen molar-refractivity contribution < 1.29 is 23.9 Å². The molecule has 1 spiro atoms. The lowest BCUT2D eigenvalue weighted by atomic mass is 9.63. The first kappa shape index (κ1) is 24.1. The Morgan fingerprint density at radius 1 is 0.895 bits per heavy atom. The second-order valence-electron chi connectivity index (χ2n) is 11.0. The Kier molecular flexibility index (Phi) is 5.31. The van der Waals surface area contributed by atoms with Crippen molar-refractivity contribution in [3.63, 3.8) is 0 Å². The number of carbonyl (C=O) groups is 3. The summed E-state index contributed by atoms with van der Waals surface area (Å²) in [6, 6.07) is 19.9. The number of ether oxygens (including phenoxy) is 2. The quantitative estimate of drug-likeness (QED) is 0.367. The van der Waals surface area contributed by atoms with Gasteiger partial charge in [-0.2, -0.15) is 5.10 Å². The van der Waals surface area contributed by atoms with Gasteiger partial charge in [-0.25, -0.2) is 4.79 Å². The number of rotatable bonds is 3. The lowest BCUT2D eigenvalue weighted by Gasteiger charge is -2.36. The molecular weight excluding hydrogens is 480 g/mol. The van der Waals surface area contributed by atoms with Crippen LogP contribution in [0.1, 0.15) is 70.1 Å². The minimum Gasteiger partial charge on any atom is -0.497 e. The first-order valence-electron chi connectivity index (χ1n) is 12.6. The lowest BCUT2D eigenvalue weighted by molar-refractivity contribution is -0.161. The van der Waals surface area contributed by atoms with Crippen LogP contribution in [-0.4, -0.2) is 47.5 Å². The number of ketones is 2. The summed E-state index contributed by atoms with van der Waals surface area (Å²) in [5.41, 5.74) is 0.591. The first-order valence-corrected chi connectivity index (χ1v) is 12.6. The number of benzene rings is 3. The van der Waals surface area contributed by atoms with Crippen LogP contribution in [0, 0.1) is 5.41 Å². The molecule has 0 aromatic heterocycles. The van der Waals surface area contributed by atoms with E-state index in [1.165, 1.54) is 0 Å². The van der Waals surface area contributed by atoms with Gasteiger partial charge in [-0.15, -0.1) is 0 Å². The van der Waals surface area contributed by atoms with Crippen molar-refractivity contribution in [3.05, 3.63) is 101 Å². The minimum absolute atomic E-state index is 0.299. The molecule has 192 valence electrons. The van der Waals surface area contributed by atoms with Gasteiger partial charge in [0.25, 0.3) is 0 Å². The van der Waals surface area contributed by atoms with Gasteiger partial charge in [0.2, 0.25) is 0 Å². The van der Waals surface area contributed by atoms with E-state index in [0.717, 1.165) is 11.1 Å². The van der Waals surface area contributed by atoms with Gasteiger partial charge < -0.3 is 9.47 Å². The molecule has 3 aromatic rings. The minimum atomic E-state index is -1.62. The third kappa shape index (κ3) is 3.27. The van der Waals surface area contributed by atoms with Gasteiger partial charge in [0, 0.05) is 17.0 Å². The highest BCUT2D eigenvalue weighted by Gasteiger charge is 2.73. The summed E-state index contributed by atoms with van der Waals surface area (Å²) >= 11 is 0. The molecule has 2 aliphatic heterocycles. The maximum atomic E-state index is 14.6. The van der Waals surface area contributed by atoms with Crippen molar-refractivity contribution in [1.82, 2.24) is 5.01 Å². The molecule has 0 N–H and O–H groups in total. The van der Waals surface area contributed by atoms with Crippen LogP contribution in [0.2, 0.25) is 0 Å². The SMILES string of the molecule is COc1ccc([C@H]2[C@H](C(=O)OC(C)(C)C)N3N=Cc4ccccc4[C@@H]3C23C(=O)c2ccccc2C3=O)cc1. The Labute approximate surface area is 221 Å². The molecule has 0 unspecified atom stereocenters. The van der Waals surface area contributed by atoms with Gasteiger partial charge >= 0.3 is 5.97 Å². The molecule has 3 aromatic carbocycles. The fraction of sp³-hybridized carbons (Fsp3) is 0.290. The highest BCUT2D eigenvalue weighted by Crippen LogP contribution is 2.64. The number of Topliss-reactive ketones (excluding diaryl/α,β-unsaturated/α-hetero) is 2. The molecule has 2 heterocycles. The van der Waals surface area contributed by atoms with E-state index in [1.807, 2.05) is 36.4 Å². The maximum Gasteiger partial charge on any atom is 0.331 e. The number of hydrazone groups is 1. The van der Waals surface area contributed by atoms with Gasteiger partial charge in [0.1, 0.15) is 16.8 Å². The normalized spacial score (nSPS) is 22.7. The third-order valence-corrected chi connectivity index (χ3v) is 7.70. The number of hydrogen-bond donors (Lipinski definition) is 0. The smallest absolute Gasteiger partial charge is 0.331 e. The van der Waals surface area contributed by atoms with E-state index in [0.29, 0.717) is 22.4 Å². The first-order chi connectivity index (χ1) is 18.2. The molecule has 1 fully saturated rings. The van der Waals surface area contributed by atoms with Crippen molar-refractivity contribution in [2.45, 2.75) is 44.4 Å². The zero-order chi connectivity index (χ0) is 26.8. The lowest BCUT2D eigenvalue weighted by Crippen LogP contribution is -2.44. The largest absolute Gasteiger partial charge is 0.497 e. The van der Waals surface area contributed by atoms with E-state index in [2.05, 4.69) is 0 Å². The molecule has 7 heteroatoms. The van der Waals surface area contributed by atoms with Crippen molar-refractivity contribution in [2.24, 2.45) is 10.5 Å². The molecule has 6 rings (SSSR count). The number of methoxy groups -OCH3 is 1. The van der Waals surface area contributed by atoms with E-state index in [9.17, 15) is 14.4 Å². The van der Waals surface area contributed by atoms with Crippen molar-refractivity contribution in [1.29, 1.82) is 0 Å². The standard InChI is InChI=1S/C31H28N2O5/c1-30(2,3)38-29(36)25-24(18-13-15-20(37-4)16-14-18)31(27(34)22-11-7-8-12-23(22)28(31)35)26-21-10-6-5-9-19(21)17-32-33(25)26/h5-17,24-26H,1-4H3/t24-,25+,26+/m0/s1. The van der Waals surface area contributed by atoms with Crippen molar-refractivity contribution >= 4 is 23.8 Å². The van der Waals surface area contributed by atoms with Crippen LogP contribution in [0.4, 0.5) is 0 Å². The Bertz CT molecular complexity index is 1470. The average molecular weight is 509 g/mol. The summed E-state index contributed by atoms with van der Waals surface area (Å²) in [4.78, 5) is 43.1. The van der Waals surface area contributed by atoms with E-state index >= 15 is 0 Å². The second kappa shape index (κ2) is 8.38. The number of carbonyl (C=O) groups excluding carboxylic acids is 3. The predicted octanol–water partition coefficient (Wildman–Crippen LogP) is 4.96. The van der Waals surface area contributed by atoms with Crippen LogP contribution in [0.3, 0.4) is 0 Å². The highest BCUT2D eigenvalue weighted by molar-refractivity contribution is 6.31. The van der Waals surface area contributed by atoms with Crippen LogP contribution in [0.15, 0.2) is 77.9 Å². The van der Waals surface area contributed by atoms with Gasteiger partial charge in [-0.1, -0.05) is 60.7 Å². The fourth-order valence-corrected chi connectivity index (χ4v) is 6.30. The Balaban J connectivity index is 1.66. The molecule has 1 aliphatic carbocycles. The van der Waals surface area contributed by atoms with E-state index < -0.39 is 35.0 Å². The summed E-state index contributed by atoms with van der Waals surface area (Å²) in [5, 5.41) is 6.34. The van der Waals surface area contributed by atoms with E-state index in [-0.39, 0.29) is 11.6 Å². The summed E-state index contributed by atoms with van der Waals surface area (Å²) in [5.74, 6) is -1.36. The Morgan fingerprint density at radius 2 is 1.50 bits per heavy atom. The molecule has 7 nitrogen and oxygen atoms in total. The fourth-order valence-electron chi connectivity index (χ4n) is 6.30. The third-order valence-electron chi connectivity index (χ3n) is 7.70. The highest BCUT2D eigenvalue weighted by atomic mass is 16.6. The molecule has 3 aliphatic rings. The maximum absolute atomic E-state index is 14.6. The summed E-state index contributed by atoms with van der Waals surface area (Å²) in [7, 11) is 1.57. The van der Waals surface area contributed by atoms with Crippen LogP contribution in [-0.2, 0) is 9.53 Å². The number of fused-ring (bicyclic) bond motifs is 5. The Hall–Kier alpha value is -4.26. The summed E-state index contributed by atoms with van der Waals surface area (Å²) in [6.07, 6.45) is 1.68. The van der Waals surface area contributed by atoms with Gasteiger partial charge in [0.15, 0.2) is 17.6 Å². The monoisotopic (exact) mass is 508 g/mol. The van der Waals surface area contributed by atoms with Crippen LogP contribution < -0.4 is 4.74 Å². The summed E-state index contributed by atoms with van der Waals surface area (Å²) in [6.45, 7) is 5.39. The Morgan fingerprint density at radius 3 is 2.11 bits per heavy atom. The van der Waals surface area contributed by atoms with Crippen LogP contribution >= 0.6 is 0 Å². The molecular formula is C31H28N2O5. The second-order valence-corrected chi connectivity index (χ2v) is 11.0. The average Bonchev–Trinajstić information content (AvgIpc) is 3.34. The topological polar surface area (TPSA) is 85.3 Å². The van der Waals surface area contributed by atoms with Crippen molar-refractivity contribution in [3.8, 4) is 5.75 Å². The number of nitrogens with zero attached hydrogens (tertiary/aromatic N) is 2. The predicted molar refractivity (Wildman–Crippen MR) is 142 cm³/mol.